The molecule has 0 radical (unpaired) electrons. The van der Waals surface area contributed by atoms with Crippen LogP contribution in [0.1, 0.15) is 16.5 Å². The molecule has 102 valence electrons. The summed E-state index contributed by atoms with van der Waals surface area (Å²) in [5, 5.41) is 13.4. The van der Waals surface area contributed by atoms with Gasteiger partial charge in [-0.2, -0.15) is 5.26 Å². The second kappa shape index (κ2) is 6.19. The Kier molecular flexibility index (Phi) is 4.35. The molecule has 0 saturated carbocycles. The molecule has 0 spiro atoms. The minimum Gasteiger partial charge on any atom is -0.495 e. The zero-order valence-electron chi connectivity index (χ0n) is 10.8. The first kappa shape index (κ1) is 14.1. The Bertz CT molecular complexity index is 647. The van der Waals surface area contributed by atoms with Gasteiger partial charge in [0.05, 0.1) is 24.4 Å². The van der Waals surface area contributed by atoms with Crippen molar-refractivity contribution in [3.8, 4) is 11.8 Å². The van der Waals surface area contributed by atoms with E-state index < -0.39 is 6.04 Å². The summed E-state index contributed by atoms with van der Waals surface area (Å²) >= 11 is 1.43. The van der Waals surface area contributed by atoms with Gasteiger partial charge in [-0.1, -0.05) is 6.07 Å². The molecule has 0 aliphatic rings. The second-order valence-electron chi connectivity index (χ2n) is 4.01. The van der Waals surface area contributed by atoms with Crippen molar-refractivity contribution in [2.45, 2.75) is 6.04 Å². The number of methoxy groups -OCH3 is 1. The Morgan fingerprint density at radius 2 is 2.30 bits per heavy atom. The van der Waals surface area contributed by atoms with Crippen molar-refractivity contribution >= 4 is 22.9 Å². The summed E-state index contributed by atoms with van der Waals surface area (Å²) in [6, 6.07) is 9.73. The van der Waals surface area contributed by atoms with Gasteiger partial charge in [-0.05, 0) is 23.6 Å². The van der Waals surface area contributed by atoms with Crippen LogP contribution in [0.15, 0.2) is 35.7 Å². The van der Waals surface area contributed by atoms with Gasteiger partial charge in [0, 0.05) is 10.9 Å². The third kappa shape index (κ3) is 2.96. The van der Waals surface area contributed by atoms with Gasteiger partial charge in [-0.3, -0.25) is 4.79 Å². The van der Waals surface area contributed by atoms with E-state index in [9.17, 15) is 4.79 Å². The number of nitrogens with one attached hydrogen (secondary N) is 1. The molecule has 0 aliphatic heterocycles. The second-order valence-corrected chi connectivity index (χ2v) is 4.99. The van der Waals surface area contributed by atoms with Crippen LogP contribution in [0, 0.1) is 11.3 Å². The van der Waals surface area contributed by atoms with Gasteiger partial charge in [0.25, 0.3) is 0 Å². The van der Waals surface area contributed by atoms with Crippen molar-refractivity contribution < 1.29 is 9.53 Å². The lowest BCUT2D eigenvalue weighted by Crippen LogP contribution is -2.27. The molecule has 2 aromatic rings. The lowest BCUT2D eigenvalue weighted by molar-refractivity contribution is -0.117. The topological polar surface area (TPSA) is 88.1 Å². The number of hydrogen-bond acceptors (Lipinski definition) is 5. The monoisotopic (exact) mass is 287 g/mol. The Morgan fingerprint density at radius 1 is 1.50 bits per heavy atom. The van der Waals surface area contributed by atoms with E-state index in [2.05, 4.69) is 5.32 Å². The summed E-state index contributed by atoms with van der Waals surface area (Å²) in [7, 11) is 1.48. The van der Waals surface area contributed by atoms with Gasteiger partial charge < -0.3 is 15.8 Å². The van der Waals surface area contributed by atoms with Gasteiger partial charge in [0.15, 0.2) is 0 Å². The number of nitrogens with two attached hydrogens (primary N) is 1. The fraction of sp³-hybridized carbons (Fsp3) is 0.143. The van der Waals surface area contributed by atoms with Crippen LogP contribution in [0.5, 0.6) is 5.75 Å². The zero-order chi connectivity index (χ0) is 14.5. The molecule has 0 bridgehead atoms. The summed E-state index contributed by atoms with van der Waals surface area (Å²) in [4.78, 5) is 12.9. The number of nitriles is 1. The number of carbonyl (C=O) groups excluding carboxylic acids is 1. The molecule has 20 heavy (non-hydrogen) atoms. The molecule has 0 fully saturated rings. The summed E-state index contributed by atoms with van der Waals surface area (Å²) in [5.41, 5.74) is 6.83. The van der Waals surface area contributed by atoms with E-state index >= 15 is 0 Å². The van der Waals surface area contributed by atoms with Crippen LogP contribution in [0.25, 0.3) is 0 Å². The number of anilines is 1. The van der Waals surface area contributed by atoms with Crippen molar-refractivity contribution in [2.24, 2.45) is 5.73 Å². The van der Waals surface area contributed by atoms with E-state index in [1.165, 1.54) is 18.4 Å². The van der Waals surface area contributed by atoms with Gasteiger partial charge in [0.2, 0.25) is 5.91 Å². The lowest BCUT2D eigenvalue weighted by Gasteiger charge is -2.13. The fourth-order valence-corrected chi connectivity index (χ4v) is 2.40. The smallest absolute Gasteiger partial charge is 0.246 e. The van der Waals surface area contributed by atoms with Crippen LogP contribution in [-0.4, -0.2) is 13.0 Å². The molecule has 1 unspecified atom stereocenters. The largest absolute Gasteiger partial charge is 0.495 e. The van der Waals surface area contributed by atoms with Crippen molar-refractivity contribution in [1.82, 2.24) is 0 Å². The summed E-state index contributed by atoms with van der Waals surface area (Å²) in [5.74, 6) is 0.103. The molecule has 0 aliphatic carbocycles. The molecule has 0 saturated heterocycles. The van der Waals surface area contributed by atoms with E-state index in [0.717, 1.165) is 4.88 Å². The summed E-state index contributed by atoms with van der Waals surface area (Å²) < 4.78 is 5.16. The van der Waals surface area contributed by atoms with E-state index in [1.807, 2.05) is 23.6 Å². The minimum atomic E-state index is -0.727. The molecule has 1 amide bonds. The number of hydrogen-bond donors (Lipinski definition) is 2. The van der Waals surface area contributed by atoms with Crippen LogP contribution in [-0.2, 0) is 4.79 Å². The summed E-state index contributed by atoms with van der Waals surface area (Å²) in [6.45, 7) is 0. The fourth-order valence-electron chi connectivity index (χ4n) is 1.67. The highest BCUT2D eigenvalue weighted by Gasteiger charge is 2.18. The van der Waals surface area contributed by atoms with Crippen molar-refractivity contribution in [2.75, 3.05) is 12.4 Å². The molecule has 5 nitrogen and oxygen atoms in total. The molecular formula is C14H13N3O2S. The maximum atomic E-state index is 12.1. The Hall–Kier alpha value is -2.36. The average molecular weight is 287 g/mol. The number of thiophene rings is 1. The SMILES string of the molecule is COc1cc(C#N)ccc1NC(=O)C(N)c1cccs1. The van der Waals surface area contributed by atoms with E-state index in [-0.39, 0.29) is 5.91 Å². The highest BCUT2D eigenvalue weighted by atomic mass is 32.1. The molecule has 1 atom stereocenters. The van der Waals surface area contributed by atoms with Crippen molar-refractivity contribution in [3.05, 3.63) is 46.2 Å². The van der Waals surface area contributed by atoms with Crippen LogP contribution in [0.2, 0.25) is 0 Å². The quantitative estimate of drug-likeness (QED) is 0.902. The number of rotatable bonds is 4. The minimum absolute atomic E-state index is 0.324. The van der Waals surface area contributed by atoms with E-state index in [1.54, 1.807) is 18.2 Å². The molecule has 6 heteroatoms. The van der Waals surface area contributed by atoms with E-state index in [4.69, 9.17) is 15.7 Å². The third-order valence-electron chi connectivity index (χ3n) is 2.72. The van der Waals surface area contributed by atoms with Crippen LogP contribution in [0.3, 0.4) is 0 Å². The summed E-state index contributed by atoms with van der Waals surface area (Å²) in [6.07, 6.45) is 0. The van der Waals surface area contributed by atoms with E-state index in [0.29, 0.717) is 17.0 Å². The standard InChI is InChI=1S/C14H13N3O2S/c1-19-11-7-9(8-15)4-5-10(11)17-14(18)13(16)12-3-2-6-20-12/h2-7,13H,16H2,1H3,(H,17,18). The number of nitrogens with zero attached hydrogens (tertiary/aromatic N) is 1. The first-order valence-electron chi connectivity index (χ1n) is 5.83. The predicted octanol–water partition coefficient (Wildman–Crippen LogP) is 2.27. The Labute approximate surface area is 120 Å². The van der Waals surface area contributed by atoms with Crippen LogP contribution >= 0.6 is 11.3 Å². The number of ether oxygens (including phenoxy) is 1. The Balaban J connectivity index is 2.18. The molecule has 1 aromatic carbocycles. The van der Waals surface area contributed by atoms with Gasteiger partial charge in [0.1, 0.15) is 11.8 Å². The maximum Gasteiger partial charge on any atom is 0.246 e. The highest BCUT2D eigenvalue weighted by Crippen LogP contribution is 2.27. The first-order chi connectivity index (χ1) is 9.65. The number of carbonyl (C=O) groups is 1. The first-order valence-corrected chi connectivity index (χ1v) is 6.71. The molecule has 2 rings (SSSR count). The molecular weight excluding hydrogens is 274 g/mol. The highest BCUT2D eigenvalue weighted by molar-refractivity contribution is 7.10. The molecule has 1 heterocycles. The number of amides is 1. The van der Waals surface area contributed by atoms with Gasteiger partial charge in [-0.15, -0.1) is 11.3 Å². The van der Waals surface area contributed by atoms with Crippen molar-refractivity contribution in [3.63, 3.8) is 0 Å². The van der Waals surface area contributed by atoms with Crippen molar-refractivity contribution in [1.29, 1.82) is 5.26 Å². The van der Waals surface area contributed by atoms with Crippen LogP contribution < -0.4 is 15.8 Å². The lowest BCUT2D eigenvalue weighted by atomic mass is 10.2. The number of benzene rings is 1. The van der Waals surface area contributed by atoms with Gasteiger partial charge >= 0.3 is 0 Å². The maximum absolute atomic E-state index is 12.1. The molecule has 3 N–H and O–H groups in total. The predicted molar refractivity (Wildman–Crippen MR) is 77.6 cm³/mol. The zero-order valence-corrected chi connectivity index (χ0v) is 11.6. The van der Waals surface area contributed by atoms with Crippen LogP contribution in [0.4, 0.5) is 5.69 Å². The third-order valence-corrected chi connectivity index (χ3v) is 3.68. The molecule has 1 aromatic heterocycles. The average Bonchev–Trinajstić information content (AvgIpc) is 3.00. The Morgan fingerprint density at radius 3 is 2.90 bits per heavy atom. The normalized spacial score (nSPS) is 11.4. The van der Waals surface area contributed by atoms with Gasteiger partial charge in [-0.25, -0.2) is 0 Å².